The van der Waals surface area contributed by atoms with Gasteiger partial charge < -0.3 is 9.15 Å². The topological polar surface area (TPSA) is 117 Å². The number of ether oxygens (including phenoxy) is 1. The lowest BCUT2D eigenvalue weighted by atomic mass is 9.96. The molecule has 0 amide bonds. The van der Waals surface area contributed by atoms with Crippen molar-refractivity contribution in [2.75, 3.05) is 6.61 Å². The number of non-ortho nitro benzene ring substituents is 1. The number of carbonyl (C=O) groups is 1. The Hall–Kier alpha value is -3.99. The molecule has 9 nitrogen and oxygen atoms in total. The first-order valence-corrected chi connectivity index (χ1v) is 13.2. The molecule has 2 aromatic carbocycles. The average molecular weight is 584 g/mol. The van der Waals surface area contributed by atoms with E-state index in [1.54, 1.807) is 56.3 Å². The van der Waals surface area contributed by atoms with Crippen LogP contribution >= 0.6 is 34.5 Å². The lowest BCUT2D eigenvalue weighted by Gasteiger charge is -2.24. The van der Waals surface area contributed by atoms with Gasteiger partial charge in [-0.15, -0.1) is 0 Å². The first-order chi connectivity index (χ1) is 18.7. The second kappa shape index (κ2) is 10.6. The van der Waals surface area contributed by atoms with Gasteiger partial charge in [-0.1, -0.05) is 46.7 Å². The number of benzene rings is 2. The zero-order chi connectivity index (χ0) is 27.8. The van der Waals surface area contributed by atoms with Crippen LogP contribution in [0, 0.1) is 10.1 Å². The molecule has 0 unspecified atom stereocenters. The van der Waals surface area contributed by atoms with Gasteiger partial charge in [0, 0.05) is 28.8 Å². The molecule has 5 rings (SSSR count). The van der Waals surface area contributed by atoms with Crippen molar-refractivity contribution in [1.29, 1.82) is 0 Å². The van der Waals surface area contributed by atoms with Crippen molar-refractivity contribution in [3.05, 3.63) is 117 Å². The number of fused-ring (bicyclic) bond motifs is 1. The van der Waals surface area contributed by atoms with Crippen molar-refractivity contribution >= 4 is 52.3 Å². The summed E-state index contributed by atoms with van der Waals surface area (Å²) >= 11 is 13.5. The van der Waals surface area contributed by atoms with E-state index in [1.165, 1.54) is 22.8 Å². The van der Waals surface area contributed by atoms with E-state index in [9.17, 15) is 19.7 Å². The molecule has 12 heteroatoms. The number of hydrogen-bond acceptors (Lipinski definition) is 8. The van der Waals surface area contributed by atoms with Gasteiger partial charge in [-0.2, -0.15) is 0 Å². The number of carbonyl (C=O) groups excluding carboxylic acids is 1. The van der Waals surface area contributed by atoms with Crippen molar-refractivity contribution in [3.8, 4) is 11.3 Å². The molecular formula is C27H19Cl2N3O6S. The summed E-state index contributed by atoms with van der Waals surface area (Å²) in [6, 6.07) is 13.6. The number of nitro benzene ring substituents is 1. The molecule has 1 atom stereocenters. The third-order valence-electron chi connectivity index (χ3n) is 6.03. The molecule has 0 N–H and O–H groups in total. The standard InChI is InChI=1S/C27H19Cl2N3O6S/c1-3-37-26(34)23-14(2)30-27-31(24(23)15-4-6-16(28)7-5-15)25(33)22(39-27)13-18-9-11-21(38-18)19-10-8-17(32(35)36)12-20(19)29/h4-13,24H,3H2,1-2H3/b22-13+/t24-/m1/s1. The Morgan fingerprint density at radius 2 is 1.95 bits per heavy atom. The van der Waals surface area contributed by atoms with Crippen LogP contribution in [0.5, 0.6) is 0 Å². The average Bonchev–Trinajstić information content (AvgIpc) is 3.48. The maximum absolute atomic E-state index is 13.7. The molecule has 0 saturated heterocycles. The summed E-state index contributed by atoms with van der Waals surface area (Å²) in [6.07, 6.45) is 1.58. The van der Waals surface area contributed by atoms with Crippen LogP contribution in [0.4, 0.5) is 5.69 Å². The first-order valence-electron chi connectivity index (χ1n) is 11.7. The smallest absolute Gasteiger partial charge is 0.338 e. The van der Waals surface area contributed by atoms with Gasteiger partial charge in [0.25, 0.3) is 11.2 Å². The van der Waals surface area contributed by atoms with Crippen LogP contribution in [0.2, 0.25) is 10.0 Å². The molecular weight excluding hydrogens is 565 g/mol. The van der Waals surface area contributed by atoms with Crippen LogP contribution < -0.4 is 14.9 Å². The number of allylic oxidation sites excluding steroid dienone is 1. The minimum atomic E-state index is -0.759. The Balaban J connectivity index is 1.60. The highest BCUT2D eigenvalue weighted by atomic mass is 35.5. The first kappa shape index (κ1) is 26.6. The normalized spacial score (nSPS) is 15.2. The van der Waals surface area contributed by atoms with E-state index in [0.717, 1.165) is 11.3 Å². The number of rotatable bonds is 6. The fourth-order valence-electron chi connectivity index (χ4n) is 4.27. The molecule has 0 bridgehead atoms. The Morgan fingerprint density at radius 3 is 2.62 bits per heavy atom. The monoisotopic (exact) mass is 583 g/mol. The second-order valence-electron chi connectivity index (χ2n) is 8.48. The zero-order valence-electron chi connectivity index (χ0n) is 20.5. The molecule has 0 radical (unpaired) electrons. The lowest BCUT2D eigenvalue weighted by molar-refractivity contribution is -0.384. The second-order valence-corrected chi connectivity index (χ2v) is 10.3. The molecule has 3 heterocycles. The number of furan rings is 1. The van der Waals surface area contributed by atoms with E-state index >= 15 is 0 Å². The molecule has 198 valence electrons. The molecule has 1 aliphatic rings. The van der Waals surface area contributed by atoms with Crippen molar-refractivity contribution in [1.82, 2.24) is 4.57 Å². The number of nitrogens with zero attached hydrogens (tertiary/aromatic N) is 3. The molecule has 0 spiro atoms. The van der Waals surface area contributed by atoms with Crippen molar-refractivity contribution in [2.24, 2.45) is 4.99 Å². The van der Waals surface area contributed by atoms with E-state index < -0.39 is 16.9 Å². The molecule has 0 saturated carbocycles. The fourth-order valence-corrected chi connectivity index (χ4v) is 5.69. The Labute approximate surface area is 235 Å². The van der Waals surface area contributed by atoms with Crippen LogP contribution in [0.1, 0.15) is 31.2 Å². The Bertz CT molecular complexity index is 1840. The van der Waals surface area contributed by atoms with Gasteiger partial charge in [-0.25, -0.2) is 9.79 Å². The van der Waals surface area contributed by atoms with Gasteiger partial charge in [0.2, 0.25) is 0 Å². The highest BCUT2D eigenvalue weighted by Crippen LogP contribution is 2.33. The summed E-state index contributed by atoms with van der Waals surface area (Å²) in [5.41, 5.74) is 1.38. The summed E-state index contributed by atoms with van der Waals surface area (Å²) < 4.78 is 13.0. The minimum Gasteiger partial charge on any atom is -0.463 e. The third-order valence-corrected chi connectivity index (χ3v) is 7.58. The summed E-state index contributed by atoms with van der Waals surface area (Å²) in [5.74, 6) is 0.200. The number of halogens is 2. The van der Waals surface area contributed by atoms with Crippen LogP contribution in [0.3, 0.4) is 0 Å². The number of thiazole rings is 1. The number of esters is 1. The van der Waals surface area contributed by atoms with E-state index in [0.29, 0.717) is 42.7 Å². The van der Waals surface area contributed by atoms with E-state index in [1.807, 2.05) is 0 Å². The van der Waals surface area contributed by atoms with E-state index in [4.69, 9.17) is 32.4 Å². The Kier molecular flexibility index (Phi) is 7.26. The number of hydrogen-bond donors (Lipinski definition) is 0. The van der Waals surface area contributed by atoms with E-state index in [-0.39, 0.29) is 28.4 Å². The van der Waals surface area contributed by atoms with Crippen molar-refractivity contribution < 1.29 is 18.9 Å². The zero-order valence-corrected chi connectivity index (χ0v) is 22.8. The number of aromatic nitrogens is 1. The highest BCUT2D eigenvalue weighted by Gasteiger charge is 2.33. The summed E-state index contributed by atoms with van der Waals surface area (Å²) in [6.45, 7) is 3.59. The van der Waals surface area contributed by atoms with Gasteiger partial charge >= 0.3 is 5.97 Å². The fraction of sp³-hybridized carbons (Fsp3) is 0.148. The largest absolute Gasteiger partial charge is 0.463 e. The summed E-state index contributed by atoms with van der Waals surface area (Å²) in [7, 11) is 0. The predicted molar refractivity (Wildman–Crippen MR) is 148 cm³/mol. The third kappa shape index (κ3) is 5.06. The quantitative estimate of drug-likeness (QED) is 0.173. The van der Waals surface area contributed by atoms with Crippen LogP contribution in [-0.2, 0) is 9.53 Å². The van der Waals surface area contributed by atoms with Gasteiger partial charge in [0.1, 0.15) is 11.5 Å². The number of nitro groups is 1. The highest BCUT2D eigenvalue weighted by molar-refractivity contribution is 7.07. The SMILES string of the molecule is CCOC(=O)C1=C(C)N=c2s/c(=C/c3ccc(-c4ccc([N+](=O)[O-])cc4Cl)o3)c(=O)n2[C@@H]1c1ccc(Cl)cc1. The lowest BCUT2D eigenvalue weighted by Crippen LogP contribution is -2.39. The van der Waals surface area contributed by atoms with Gasteiger partial charge in [-0.3, -0.25) is 19.5 Å². The Morgan fingerprint density at radius 1 is 1.21 bits per heavy atom. The molecule has 1 aliphatic heterocycles. The van der Waals surface area contributed by atoms with Crippen molar-refractivity contribution in [3.63, 3.8) is 0 Å². The van der Waals surface area contributed by atoms with Crippen LogP contribution in [0.25, 0.3) is 17.4 Å². The van der Waals surface area contributed by atoms with Crippen LogP contribution in [-0.4, -0.2) is 22.1 Å². The summed E-state index contributed by atoms with van der Waals surface area (Å²) in [5, 5.41) is 11.7. The van der Waals surface area contributed by atoms with Crippen LogP contribution in [0.15, 0.2) is 80.1 Å². The molecule has 39 heavy (non-hydrogen) atoms. The van der Waals surface area contributed by atoms with Crippen molar-refractivity contribution in [2.45, 2.75) is 19.9 Å². The predicted octanol–water partition coefficient (Wildman–Crippen LogP) is 5.27. The van der Waals surface area contributed by atoms with Gasteiger partial charge in [0.15, 0.2) is 4.80 Å². The minimum absolute atomic E-state index is 0.135. The molecule has 0 aliphatic carbocycles. The van der Waals surface area contributed by atoms with E-state index in [2.05, 4.69) is 4.99 Å². The summed E-state index contributed by atoms with van der Waals surface area (Å²) in [4.78, 5) is 42.1. The maximum Gasteiger partial charge on any atom is 0.338 e. The maximum atomic E-state index is 13.7. The van der Waals surface area contributed by atoms with Gasteiger partial charge in [0.05, 0.1) is 38.4 Å². The molecule has 4 aromatic rings. The van der Waals surface area contributed by atoms with Gasteiger partial charge in [-0.05, 0) is 49.7 Å². The molecule has 0 fully saturated rings. The molecule has 2 aromatic heterocycles.